The summed E-state index contributed by atoms with van der Waals surface area (Å²) in [5.41, 5.74) is 1.54. The van der Waals surface area contributed by atoms with E-state index < -0.39 is 10.0 Å². The van der Waals surface area contributed by atoms with Crippen molar-refractivity contribution in [3.8, 4) is 11.8 Å². The Labute approximate surface area is 195 Å². The first-order valence-electron chi connectivity index (χ1n) is 11.5. The molecular formula is C25H29N3O4S. The number of nitriles is 1. The fourth-order valence-electron chi connectivity index (χ4n) is 4.76. The second-order valence-corrected chi connectivity index (χ2v) is 10.4. The van der Waals surface area contributed by atoms with E-state index in [9.17, 15) is 13.2 Å². The molecule has 4 rings (SSSR count). The van der Waals surface area contributed by atoms with Crippen LogP contribution in [0.15, 0.2) is 53.4 Å². The SMILES string of the molecule is CCOc1ccc([C@H]2CCCN2C(=O)C2CCN(S(=O)(=O)c3ccc(C#N)cc3)CC2)cc1. The first-order valence-corrected chi connectivity index (χ1v) is 12.9. The Morgan fingerprint density at radius 2 is 1.70 bits per heavy atom. The number of sulfonamides is 1. The molecule has 1 atom stereocenters. The Hall–Kier alpha value is -2.89. The van der Waals surface area contributed by atoms with Gasteiger partial charge in [-0.25, -0.2) is 8.42 Å². The fourth-order valence-corrected chi connectivity index (χ4v) is 6.23. The molecular weight excluding hydrogens is 438 g/mol. The van der Waals surface area contributed by atoms with Crippen LogP contribution in [0.4, 0.5) is 0 Å². The molecule has 0 N–H and O–H groups in total. The van der Waals surface area contributed by atoms with Crippen molar-refractivity contribution in [1.82, 2.24) is 9.21 Å². The van der Waals surface area contributed by atoms with Gasteiger partial charge in [-0.2, -0.15) is 9.57 Å². The quantitative estimate of drug-likeness (QED) is 0.646. The molecule has 8 heteroatoms. The zero-order valence-electron chi connectivity index (χ0n) is 18.8. The number of likely N-dealkylation sites (tertiary alicyclic amines) is 1. The van der Waals surface area contributed by atoms with Crippen molar-refractivity contribution in [1.29, 1.82) is 5.26 Å². The Bertz CT molecular complexity index is 1120. The summed E-state index contributed by atoms with van der Waals surface area (Å²) in [6.07, 6.45) is 2.93. The van der Waals surface area contributed by atoms with E-state index in [1.807, 2.05) is 42.2 Å². The monoisotopic (exact) mass is 467 g/mol. The standard InChI is InChI=1S/C25H29N3O4S/c1-2-32-22-9-7-20(8-10-22)24-4-3-15-28(24)25(29)21-13-16-27(17-14-21)33(30,31)23-11-5-19(18-26)6-12-23/h5-12,21,24H,2-4,13-17H2,1H3/t24-/m1/s1. The van der Waals surface area contributed by atoms with Gasteiger partial charge in [0.05, 0.1) is 29.2 Å². The van der Waals surface area contributed by atoms with Crippen LogP contribution in [0.2, 0.25) is 0 Å². The molecule has 2 fully saturated rings. The highest BCUT2D eigenvalue weighted by Gasteiger charge is 2.37. The second-order valence-electron chi connectivity index (χ2n) is 8.51. The molecule has 0 bridgehead atoms. The van der Waals surface area contributed by atoms with Gasteiger partial charge in [0, 0.05) is 25.6 Å². The van der Waals surface area contributed by atoms with Crippen LogP contribution in [0, 0.1) is 17.2 Å². The van der Waals surface area contributed by atoms with Crippen LogP contribution in [-0.4, -0.2) is 49.8 Å². The molecule has 7 nitrogen and oxygen atoms in total. The number of ether oxygens (including phenoxy) is 1. The largest absolute Gasteiger partial charge is 0.494 e. The lowest BCUT2D eigenvalue weighted by Gasteiger charge is -2.34. The van der Waals surface area contributed by atoms with Gasteiger partial charge in [0.1, 0.15) is 5.75 Å². The van der Waals surface area contributed by atoms with Gasteiger partial charge in [-0.05, 0) is 74.6 Å². The minimum atomic E-state index is -3.63. The van der Waals surface area contributed by atoms with Gasteiger partial charge < -0.3 is 9.64 Å². The number of piperidine rings is 1. The van der Waals surface area contributed by atoms with E-state index in [-0.39, 0.29) is 22.8 Å². The van der Waals surface area contributed by atoms with Crippen LogP contribution >= 0.6 is 0 Å². The number of benzene rings is 2. The number of rotatable bonds is 6. The van der Waals surface area contributed by atoms with E-state index in [1.54, 1.807) is 0 Å². The van der Waals surface area contributed by atoms with E-state index in [1.165, 1.54) is 28.6 Å². The molecule has 0 radical (unpaired) electrons. The van der Waals surface area contributed by atoms with Gasteiger partial charge in [-0.3, -0.25) is 4.79 Å². The summed E-state index contributed by atoms with van der Waals surface area (Å²) >= 11 is 0. The molecule has 2 aromatic rings. The van der Waals surface area contributed by atoms with Crippen LogP contribution in [0.25, 0.3) is 0 Å². The molecule has 2 aromatic carbocycles. The van der Waals surface area contributed by atoms with E-state index in [2.05, 4.69) is 0 Å². The fraction of sp³-hybridized carbons (Fsp3) is 0.440. The Balaban J connectivity index is 1.39. The minimum Gasteiger partial charge on any atom is -0.494 e. The topological polar surface area (TPSA) is 90.7 Å². The molecule has 0 aromatic heterocycles. The summed E-state index contributed by atoms with van der Waals surface area (Å²) in [5.74, 6) is 0.787. The van der Waals surface area contributed by atoms with Crippen LogP contribution in [0.1, 0.15) is 49.8 Å². The summed E-state index contributed by atoms with van der Waals surface area (Å²) < 4.78 is 32.9. The summed E-state index contributed by atoms with van der Waals surface area (Å²) in [4.78, 5) is 15.5. The maximum atomic E-state index is 13.4. The molecule has 2 saturated heterocycles. The van der Waals surface area contributed by atoms with Crippen molar-refractivity contribution < 1.29 is 17.9 Å². The maximum Gasteiger partial charge on any atom is 0.243 e. The number of hydrogen-bond donors (Lipinski definition) is 0. The predicted octanol–water partition coefficient (Wildman–Crippen LogP) is 3.72. The van der Waals surface area contributed by atoms with Crippen LogP contribution in [-0.2, 0) is 14.8 Å². The molecule has 0 saturated carbocycles. The lowest BCUT2D eigenvalue weighted by Crippen LogP contribution is -2.44. The van der Waals surface area contributed by atoms with Gasteiger partial charge in [0.25, 0.3) is 0 Å². The molecule has 174 valence electrons. The van der Waals surface area contributed by atoms with Gasteiger partial charge in [0.15, 0.2) is 0 Å². The van der Waals surface area contributed by atoms with E-state index in [4.69, 9.17) is 10.00 Å². The minimum absolute atomic E-state index is 0.0635. The third-order valence-corrected chi connectivity index (χ3v) is 8.45. The number of carbonyl (C=O) groups is 1. The average Bonchev–Trinajstić information content (AvgIpc) is 3.34. The lowest BCUT2D eigenvalue weighted by atomic mass is 9.95. The smallest absolute Gasteiger partial charge is 0.243 e. The Morgan fingerprint density at radius 1 is 1.03 bits per heavy atom. The highest BCUT2D eigenvalue weighted by molar-refractivity contribution is 7.89. The van der Waals surface area contributed by atoms with Crippen LogP contribution in [0.3, 0.4) is 0 Å². The first kappa shape index (κ1) is 23.3. The Morgan fingerprint density at radius 3 is 2.30 bits per heavy atom. The number of hydrogen-bond acceptors (Lipinski definition) is 5. The van der Waals surface area contributed by atoms with Gasteiger partial charge in [0.2, 0.25) is 15.9 Å². The van der Waals surface area contributed by atoms with Crippen molar-refractivity contribution >= 4 is 15.9 Å². The van der Waals surface area contributed by atoms with Gasteiger partial charge in [-0.1, -0.05) is 12.1 Å². The number of nitrogens with zero attached hydrogens (tertiary/aromatic N) is 3. The predicted molar refractivity (Wildman–Crippen MR) is 124 cm³/mol. The third kappa shape index (κ3) is 4.90. The third-order valence-electron chi connectivity index (χ3n) is 6.54. The normalized spacial score (nSPS) is 19.9. The van der Waals surface area contributed by atoms with E-state index >= 15 is 0 Å². The molecule has 0 aliphatic carbocycles. The second kappa shape index (κ2) is 9.94. The summed E-state index contributed by atoms with van der Waals surface area (Å²) in [6, 6.07) is 16.0. The van der Waals surface area contributed by atoms with Crippen LogP contribution < -0.4 is 4.74 Å². The molecule has 33 heavy (non-hydrogen) atoms. The molecule has 1 amide bonds. The van der Waals surface area contributed by atoms with Crippen molar-refractivity contribution in [3.63, 3.8) is 0 Å². The highest BCUT2D eigenvalue weighted by atomic mass is 32.2. The molecule has 0 unspecified atom stereocenters. The van der Waals surface area contributed by atoms with Gasteiger partial charge in [-0.15, -0.1) is 0 Å². The molecule has 0 spiro atoms. The van der Waals surface area contributed by atoms with Crippen molar-refractivity contribution in [2.24, 2.45) is 5.92 Å². The van der Waals surface area contributed by atoms with E-state index in [0.29, 0.717) is 38.1 Å². The zero-order valence-corrected chi connectivity index (χ0v) is 19.6. The molecule has 2 heterocycles. The van der Waals surface area contributed by atoms with E-state index in [0.717, 1.165) is 30.7 Å². The van der Waals surface area contributed by atoms with Crippen molar-refractivity contribution in [2.75, 3.05) is 26.2 Å². The summed E-state index contributed by atoms with van der Waals surface area (Å²) in [7, 11) is -3.63. The first-order chi connectivity index (χ1) is 15.9. The molecule has 2 aliphatic heterocycles. The Kier molecular flexibility index (Phi) is 7.01. The molecule has 2 aliphatic rings. The van der Waals surface area contributed by atoms with Gasteiger partial charge >= 0.3 is 0 Å². The summed E-state index contributed by atoms with van der Waals surface area (Å²) in [5, 5.41) is 8.92. The van der Waals surface area contributed by atoms with Crippen molar-refractivity contribution in [3.05, 3.63) is 59.7 Å². The summed E-state index contributed by atoms with van der Waals surface area (Å²) in [6.45, 7) is 3.94. The highest BCUT2D eigenvalue weighted by Crippen LogP contribution is 2.35. The average molecular weight is 468 g/mol. The number of amides is 1. The maximum absolute atomic E-state index is 13.4. The lowest BCUT2D eigenvalue weighted by molar-refractivity contribution is -0.137. The van der Waals surface area contributed by atoms with Crippen molar-refractivity contribution in [2.45, 2.75) is 43.5 Å². The zero-order chi connectivity index (χ0) is 23.4. The van der Waals surface area contributed by atoms with Crippen LogP contribution in [0.5, 0.6) is 5.75 Å². The number of carbonyl (C=O) groups excluding carboxylic acids is 1.